The molecule has 3 aromatic carbocycles. The third-order valence-electron chi connectivity index (χ3n) is 5.89. The van der Waals surface area contributed by atoms with E-state index in [0.29, 0.717) is 17.9 Å². The number of hydrogen-bond donors (Lipinski definition) is 1. The highest BCUT2D eigenvalue weighted by molar-refractivity contribution is 6.46. The lowest BCUT2D eigenvalue weighted by atomic mass is 9.95. The molecule has 1 saturated heterocycles. The van der Waals surface area contributed by atoms with Crippen molar-refractivity contribution in [2.75, 3.05) is 20.3 Å². The molecule has 4 rings (SSSR count). The van der Waals surface area contributed by atoms with Crippen molar-refractivity contribution < 1.29 is 28.6 Å². The van der Waals surface area contributed by atoms with Crippen molar-refractivity contribution in [2.24, 2.45) is 0 Å². The van der Waals surface area contributed by atoms with Crippen molar-refractivity contribution >= 4 is 17.4 Å². The lowest BCUT2D eigenvalue weighted by Crippen LogP contribution is -2.33. The SMILES string of the molecule is COCCN1C(=O)C(=O)/C(=C(\O)c2ccc(OCc3cccc(C)c3)cc2)C1c1ccccc1F. The van der Waals surface area contributed by atoms with Crippen LogP contribution in [0.4, 0.5) is 4.39 Å². The van der Waals surface area contributed by atoms with E-state index >= 15 is 0 Å². The Morgan fingerprint density at radius 1 is 1.03 bits per heavy atom. The Bertz CT molecular complexity index is 1270. The quantitative estimate of drug-likeness (QED) is 0.288. The van der Waals surface area contributed by atoms with E-state index in [1.54, 1.807) is 30.3 Å². The Morgan fingerprint density at radius 2 is 1.77 bits per heavy atom. The fourth-order valence-corrected chi connectivity index (χ4v) is 4.15. The molecule has 1 atom stereocenters. The maximum absolute atomic E-state index is 14.7. The van der Waals surface area contributed by atoms with Crippen LogP contribution in [-0.4, -0.2) is 42.0 Å². The van der Waals surface area contributed by atoms with E-state index in [1.807, 2.05) is 31.2 Å². The molecule has 1 heterocycles. The maximum Gasteiger partial charge on any atom is 0.295 e. The van der Waals surface area contributed by atoms with Crippen LogP contribution in [0.5, 0.6) is 5.75 Å². The summed E-state index contributed by atoms with van der Waals surface area (Å²) in [5.41, 5.74) is 2.45. The number of aliphatic hydroxyl groups is 1. The predicted molar refractivity (Wildman–Crippen MR) is 129 cm³/mol. The number of amides is 1. The highest BCUT2D eigenvalue weighted by atomic mass is 19.1. The van der Waals surface area contributed by atoms with Crippen LogP contribution in [0.2, 0.25) is 0 Å². The Balaban J connectivity index is 1.65. The van der Waals surface area contributed by atoms with E-state index < -0.39 is 23.5 Å². The van der Waals surface area contributed by atoms with E-state index in [-0.39, 0.29) is 30.0 Å². The fraction of sp³-hybridized carbons (Fsp3) is 0.214. The Morgan fingerprint density at radius 3 is 2.46 bits per heavy atom. The van der Waals surface area contributed by atoms with E-state index in [1.165, 1.54) is 30.2 Å². The van der Waals surface area contributed by atoms with Gasteiger partial charge in [0, 0.05) is 24.8 Å². The van der Waals surface area contributed by atoms with Gasteiger partial charge in [-0.1, -0.05) is 48.0 Å². The zero-order chi connectivity index (χ0) is 24.9. The second-order valence-corrected chi connectivity index (χ2v) is 8.31. The first-order valence-corrected chi connectivity index (χ1v) is 11.2. The van der Waals surface area contributed by atoms with Crippen molar-refractivity contribution in [3.05, 3.63) is 106 Å². The average molecular weight is 476 g/mol. The number of ether oxygens (including phenoxy) is 2. The van der Waals surface area contributed by atoms with Gasteiger partial charge in [-0.3, -0.25) is 9.59 Å². The molecule has 0 saturated carbocycles. The number of rotatable bonds is 8. The molecule has 1 unspecified atom stereocenters. The van der Waals surface area contributed by atoms with Crippen LogP contribution in [0.3, 0.4) is 0 Å². The summed E-state index contributed by atoms with van der Waals surface area (Å²) in [4.78, 5) is 27.0. The van der Waals surface area contributed by atoms with Crippen LogP contribution in [-0.2, 0) is 20.9 Å². The van der Waals surface area contributed by atoms with Crippen LogP contribution in [0.1, 0.15) is 28.3 Å². The molecule has 1 amide bonds. The van der Waals surface area contributed by atoms with Crippen LogP contribution in [0.25, 0.3) is 5.76 Å². The van der Waals surface area contributed by atoms with Gasteiger partial charge >= 0.3 is 0 Å². The zero-order valence-corrected chi connectivity index (χ0v) is 19.5. The van der Waals surface area contributed by atoms with E-state index in [4.69, 9.17) is 9.47 Å². The molecule has 1 aliphatic rings. The second kappa shape index (κ2) is 10.5. The Hall–Kier alpha value is -3.97. The molecular weight excluding hydrogens is 449 g/mol. The van der Waals surface area contributed by atoms with Gasteiger partial charge in [0.1, 0.15) is 23.9 Å². The molecule has 0 aromatic heterocycles. The van der Waals surface area contributed by atoms with Gasteiger partial charge < -0.3 is 19.5 Å². The predicted octanol–water partition coefficient (Wildman–Crippen LogP) is 4.78. The van der Waals surface area contributed by atoms with Gasteiger partial charge in [0.15, 0.2) is 0 Å². The molecule has 0 aliphatic carbocycles. The summed E-state index contributed by atoms with van der Waals surface area (Å²) < 4.78 is 25.6. The summed E-state index contributed by atoms with van der Waals surface area (Å²) in [6.45, 7) is 2.62. The molecule has 7 heteroatoms. The lowest BCUT2D eigenvalue weighted by Gasteiger charge is -2.25. The topological polar surface area (TPSA) is 76.1 Å². The standard InChI is InChI=1S/C28H26FNO5/c1-18-6-5-7-19(16-18)17-35-21-12-10-20(11-13-21)26(31)24-25(22-8-3-4-9-23(22)29)30(14-15-34-2)28(33)27(24)32/h3-13,16,25,31H,14-15,17H2,1-2H3/b26-24-. The van der Waals surface area contributed by atoms with Gasteiger partial charge in [-0.2, -0.15) is 0 Å². The maximum atomic E-state index is 14.7. The molecule has 0 bridgehead atoms. The van der Waals surface area contributed by atoms with Gasteiger partial charge in [0.2, 0.25) is 0 Å². The number of ketones is 1. The number of carbonyl (C=O) groups is 2. The van der Waals surface area contributed by atoms with Gasteiger partial charge in [-0.15, -0.1) is 0 Å². The van der Waals surface area contributed by atoms with E-state index in [0.717, 1.165) is 11.1 Å². The molecule has 0 radical (unpaired) electrons. The minimum absolute atomic E-state index is 0.0720. The number of methoxy groups -OCH3 is 1. The fourth-order valence-electron chi connectivity index (χ4n) is 4.15. The van der Waals surface area contributed by atoms with Crippen LogP contribution >= 0.6 is 0 Å². The van der Waals surface area contributed by atoms with Gasteiger partial charge in [0.25, 0.3) is 11.7 Å². The molecule has 6 nitrogen and oxygen atoms in total. The smallest absolute Gasteiger partial charge is 0.295 e. The third kappa shape index (κ3) is 5.10. The van der Waals surface area contributed by atoms with Crippen molar-refractivity contribution in [3.8, 4) is 5.75 Å². The largest absolute Gasteiger partial charge is 0.507 e. The number of halogens is 1. The first-order chi connectivity index (χ1) is 16.9. The number of hydrogen-bond acceptors (Lipinski definition) is 5. The third-order valence-corrected chi connectivity index (χ3v) is 5.89. The highest BCUT2D eigenvalue weighted by Crippen LogP contribution is 2.40. The number of nitrogens with zero attached hydrogens (tertiary/aromatic N) is 1. The van der Waals surface area contributed by atoms with Crippen LogP contribution in [0, 0.1) is 12.7 Å². The van der Waals surface area contributed by atoms with Crippen molar-refractivity contribution in [2.45, 2.75) is 19.6 Å². The minimum Gasteiger partial charge on any atom is -0.507 e. The minimum atomic E-state index is -1.07. The van der Waals surface area contributed by atoms with E-state index in [2.05, 4.69) is 0 Å². The number of benzene rings is 3. The first kappa shape index (κ1) is 24.2. The number of aryl methyl sites for hydroxylation is 1. The van der Waals surface area contributed by atoms with E-state index in [9.17, 15) is 19.1 Å². The summed E-state index contributed by atoms with van der Waals surface area (Å²) >= 11 is 0. The van der Waals surface area contributed by atoms with Gasteiger partial charge in [-0.25, -0.2) is 4.39 Å². The second-order valence-electron chi connectivity index (χ2n) is 8.31. The van der Waals surface area contributed by atoms with Crippen LogP contribution < -0.4 is 4.74 Å². The summed E-state index contributed by atoms with van der Waals surface area (Å²) in [6.07, 6.45) is 0. The Kier molecular flexibility index (Phi) is 7.27. The molecule has 1 fully saturated rings. The molecule has 1 aliphatic heterocycles. The number of aliphatic hydroxyl groups excluding tert-OH is 1. The summed E-state index contributed by atoms with van der Waals surface area (Å²) in [7, 11) is 1.47. The molecular formula is C28H26FNO5. The highest BCUT2D eigenvalue weighted by Gasteiger charge is 2.46. The Labute approximate surface area is 203 Å². The normalized spacial score (nSPS) is 17.1. The summed E-state index contributed by atoms with van der Waals surface area (Å²) in [6, 6.07) is 19.3. The average Bonchev–Trinajstić information content (AvgIpc) is 3.11. The molecule has 35 heavy (non-hydrogen) atoms. The van der Waals surface area contributed by atoms with Crippen molar-refractivity contribution in [1.82, 2.24) is 4.90 Å². The zero-order valence-electron chi connectivity index (χ0n) is 19.5. The molecule has 3 aromatic rings. The molecule has 1 N–H and O–H groups in total. The molecule has 0 spiro atoms. The van der Waals surface area contributed by atoms with Crippen molar-refractivity contribution in [3.63, 3.8) is 0 Å². The number of likely N-dealkylation sites (tertiary alicyclic amines) is 1. The van der Waals surface area contributed by atoms with Gasteiger partial charge in [0.05, 0.1) is 18.2 Å². The van der Waals surface area contributed by atoms with Crippen LogP contribution in [0.15, 0.2) is 78.4 Å². The lowest BCUT2D eigenvalue weighted by molar-refractivity contribution is -0.140. The first-order valence-electron chi connectivity index (χ1n) is 11.2. The number of carbonyl (C=O) groups excluding carboxylic acids is 2. The summed E-state index contributed by atoms with van der Waals surface area (Å²) in [5, 5.41) is 11.1. The number of Topliss-reactive ketones (excluding diaryl/α,β-unsaturated/α-hetero) is 1. The summed E-state index contributed by atoms with van der Waals surface area (Å²) in [5.74, 6) is -2.05. The van der Waals surface area contributed by atoms with Gasteiger partial charge in [-0.05, 0) is 42.8 Å². The van der Waals surface area contributed by atoms with Crippen molar-refractivity contribution in [1.29, 1.82) is 0 Å². The molecule has 180 valence electrons. The monoisotopic (exact) mass is 475 g/mol.